The summed E-state index contributed by atoms with van der Waals surface area (Å²) < 4.78 is 0. The molecule has 1 spiro atoms. The van der Waals surface area contributed by atoms with E-state index in [0.29, 0.717) is 36.3 Å². The summed E-state index contributed by atoms with van der Waals surface area (Å²) in [5.74, 6) is -1.11. The van der Waals surface area contributed by atoms with E-state index in [4.69, 9.17) is 0 Å². The van der Waals surface area contributed by atoms with E-state index in [0.717, 1.165) is 28.8 Å². The fourth-order valence-corrected chi connectivity index (χ4v) is 5.95. The van der Waals surface area contributed by atoms with Gasteiger partial charge in [-0.15, -0.1) is 11.3 Å². The highest BCUT2D eigenvalue weighted by molar-refractivity contribution is 7.13. The van der Waals surface area contributed by atoms with Crippen LogP contribution in [-0.2, 0) is 4.79 Å². The van der Waals surface area contributed by atoms with Gasteiger partial charge in [0.25, 0.3) is 17.6 Å². The van der Waals surface area contributed by atoms with E-state index in [9.17, 15) is 14.4 Å². The lowest BCUT2D eigenvalue weighted by atomic mass is 10.0. The van der Waals surface area contributed by atoms with Gasteiger partial charge in [-0.2, -0.15) is 0 Å². The molecular formula is C27H24N4O3S. The van der Waals surface area contributed by atoms with Crippen LogP contribution in [0.25, 0.3) is 21.5 Å². The number of aryl methyl sites for hydroxylation is 1. The number of fused-ring (bicyclic) bond motifs is 1. The zero-order valence-corrected chi connectivity index (χ0v) is 20.1. The van der Waals surface area contributed by atoms with E-state index in [1.807, 2.05) is 31.2 Å². The molecule has 4 heterocycles. The summed E-state index contributed by atoms with van der Waals surface area (Å²) in [6.07, 6.45) is 4.85. The highest BCUT2D eigenvalue weighted by Crippen LogP contribution is 2.45. The SMILES string of the molecule is Cc1csc(-c2ccnc3c(C(=O)C(=O)N4CCN(C(=O)c5ccccc5)CC45CC5)c[nH]c23)c1. The van der Waals surface area contributed by atoms with Gasteiger partial charge >= 0.3 is 0 Å². The van der Waals surface area contributed by atoms with Gasteiger partial charge in [0.05, 0.1) is 22.1 Å². The monoisotopic (exact) mass is 484 g/mol. The lowest BCUT2D eigenvalue weighted by molar-refractivity contribution is -0.131. The van der Waals surface area contributed by atoms with E-state index in [-0.39, 0.29) is 5.91 Å². The van der Waals surface area contributed by atoms with Gasteiger partial charge in [-0.3, -0.25) is 19.4 Å². The number of nitrogens with zero attached hydrogens (tertiary/aromatic N) is 3. The molecule has 1 aliphatic heterocycles. The normalized spacial score (nSPS) is 16.6. The first-order chi connectivity index (χ1) is 17.0. The standard InChI is InChI=1S/C27H24N4O3S/c1-17-13-21(35-15-17)19-7-10-28-23-20(14-29-22(19)23)24(32)26(34)31-12-11-30(16-27(31)8-9-27)25(33)18-5-3-2-4-6-18/h2-7,10,13-15,29H,8-9,11-12,16H2,1H3. The van der Waals surface area contributed by atoms with Crippen LogP contribution in [0.2, 0.25) is 0 Å². The molecular weight excluding hydrogens is 460 g/mol. The third kappa shape index (κ3) is 3.65. The van der Waals surface area contributed by atoms with Crippen LogP contribution in [0.15, 0.2) is 60.2 Å². The molecule has 1 saturated carbocycles. The molecule has 0 radical (unpaired) electrons. The molecule has 0 unspecified atom stereocenters. The van der Waals surface area contributed by atoms with Crippen molar-refractivity contribution >= 4 is 40.0 Å². The van der Waals surface area contributed by atoms with E-state index in [1.165, 1.54) is 5.56 Å². The lowest BCUT2D eigenvalue weighted by Crippen LogP contribution is -2.59. The summed E-state index contributed by atoms with van der Waals surface area (Å²) >= 11 is 1.63. The van der Waals surface area contributed by atoms with Crippen molar-refractivity contribution in [2.24, 2.45) is 0 Å². The van der Waals surface area contributed by atoms with Gasteiger partial charge in [-0.05, 0) is 55.0 Å². The number of H-pyrrole nitrogens is 1. The average molecular weight is 485 g/mol. The first-order valence-corrected chi connectivity index (χ1v) is 12.6. The second kappa shape index (κ2) is 8.16. The number of ketones is 1. The summed E-state index contributed by atoms with van der Waals surface area (Å²) in [6.45, 7) is 3.25. The van der Waals surface area contributed by atoms with Gasteiger partial charge in [-0.25, -0.2) is 0 Å². The highest BCUT2D eigenvalue weighted by atomic mass is 32.1. The number of aromatic amines is 1. The Bertz CT molecular complexity index is 1470. The number of hydrogen-bond acceptors (Lipinski definition) is 5. The third-order valence-corrected chi connectivity index (χ3v) is 8.11. The maximum atomic E-state index is 13.4. The molecule has 2 amide bonds. The zero-order valence-electron chi connectivity index (χ0n) is 19.3. The Labute approximate surface area is 206 Å². The van der Waals surface area contributed by atoms with Crippen molar-refractivity contribution in [2.75, 3.05) is 19.6 Å². The molecule has 1 aromatic carbocycles. The van der Waals surface area contributed by atoms with Crippen molar-refractivity contribution in [2.45, 2.75) is 25.3 Å². The van der Waals surface area contributed by atoms with E-state index >= 15 is 0 Å². The lowest BCUT2D eigenvalue weighted by Gasteiger charge is -2.41. The van der Waals surface area contributed by atoms with Crippen molar-refractivity contribution < 1.29 is 14.4 Å². The fraction of sp³-hybridized carbons (Fsp3) is 0.259. The van der Waals surface area contributed by atoms with Crippen LogP contribution in [0.5, 0.6) is 0 Å². The number of piperazine rings is 1. The van der Waals surface area contributed by atoms with Crippen LogP contribution in [0.1, 0.15) is 39.1 Å². The molecule has 176 valence electrons. The second-order valence-corrected chi connectivity index (χ2v) is 10.3. The van der Waals surface area contributed by atoms with Crippen molar-refractivity contribution in [3.05, 3.63) is 76.9 Å². The molecule has 6 rings (SSSR count). The van der Waals surface area contributed by atoms with Crippen LogP contribution in [0.3, 0.4) is 0 Å². The number of aromatic nitrogens is 2. The summed E-state index contributed by atoms with van der Waals surface area (Å²) in [4.78, 5) is 52.0. The molecule has 0 bridgehead atoms. The molecule has 7 nitrogen and oxygen atoms in total. The second-order valence-electron chi connectivity index (χ2n) is 9.38. The minimum Gasteiger partial charge on any atom is -0.359 e. The van der Waals surface area contributed by atoms with Crippen molar-refractivity contribution in [3.8, 4) is 10.4 Å². The van der Waals surface area contributed by atoms with Crippen molar-refractivity contribution in [1.82, 2.24) is 19.8 Å². The number of thiophene rings is 1. The minimum atomic E-state index is -0.558. The number of amides is 2. The van der Waals surface area contributed by atoms with Crippen LogP contribution < -0.4 is 0 Å². The summed E-state index contributed by atoms with van der Waals surface area (Å²) in [5, 5.41) is 2.08. The number of benzene rings is 1. The van der Waals surface area contributed by atoms with Crippen LogP contribution in [0.4, 0.5) is 0 Å². The zero-order chi connectivity index (χ0) is 24.2. The summed E-state index contributed by atoms with van der Waals surface area (Å²) in [6, 6.07) is 13.2. The number of carbonyl (C=O) groups excluding carboxylic acids is 3. The predicted octanol–water partition coefficient (Wildman–Crippen LogP) is 4.30. The average Bonchev–Trinajstić information content (AvgIpc) is 3.29. The van der Waals surface area contributed by atoms with Crippen molar-refractivity contribution in [1.29, 1.82) is 0 Å². The quantitative estimate of drug-likeness (QED) is 0.346. The number of rotatable bonds is 4. The molecule has 1 aliphatic carbocycles. The van der Waals surface area contributed by atoms with Crippen LogP contribution in [-0.4, -0.2) is 62.5 Å². The van der Waals surface area contributed by atoms with Gasteiger partial charge in [-0.1, -0.05) is 18.2 Å². The Morgan fingerprint density at radius 3 is 2.60 bits per heavy atom. The maximum absolute atomic E-state index is 13.4. The van der Waals surface area contributed by atoms with Crippen molar-refractivity contribution in [3.63, 3.8) is 0 Å². The Kier molecular flexibility index (Phi) is 5.07. The number of Topliss-reactive ketones (excluding diaryl/α,β-unsaturated/α-hetero) is 1. The first-order valence-electron chi connectivity index (χ1n) is 11.7. The molecule has 0 atom stereocenters. The van der Waals surface area contributed by atoms with Gasteiger partial charge in [0.2, 0.25) is 0 Å². The Morgan fingerprint density at radius 2 is 1.89 bits per heavy atom. The Morgan fingerprint density at radius 1 is 1.09 bits per heavy atom. The van der Waals surface area contributed by atoms with E-state index in [2.05, 4.69) is 21.4 Å². The first kappa shape index (κ1) is 21.7. The van der Waals surface area contributed by atoms with E-state index in [1.54, 1.807) is 45.7 Å². The van der Waals surface area contributed by atoms with Gasteiger partial charge in [0, 0.05) is 48.0 Å². The van der Waals surface area contributed by atoms with E-state index < -0.39 is 17.2 Å². The molecule has 4 aromatic rings. The largest absolute Gasteiger partial charge is 0.359 e. The minimum absolute atomic E-state index is 0.0347. The fourth-order valence-electron chi connectivity index (χ4n) is 5.02. The number of carbonyl (C=O) groups is 3. The van der Waals surface area contributed by atoms with Crippen LogP contribution >= 0.6 is 11.3 Å². The molecule has 3 aromatic heterocycles. The summed E-state index contributed by atoms with van der Waals surface area (Å²) in [5.41, 5.74) is 3.88. The topological polar surface area (TPSA) is 86.4 Å². The Hall–Kier alpha value is -3.78. The van der Waals surface area contributed by atoms with Gasteiger partial charge in [0.15, 0.2) is 0 Å². The smallest absolute Gasteiger partial charge is 0.295 e. The number of nitrogens with one attached hydrogen (secondary N) is 1. The maximum Gasteiger partial charge on any atom is 0.295 e. The van der Waals surface area contributed by atoms with Gasteiger partial charge in [0.1, 0.15) is 0 Å². The summed E-state index contributed by atoms with van der Waals surface area (Å²) in [7, 11) is 0. The number of hydrogen-bond donors (Lipinski definition) is 1. The Balaban J connectivity index is 1.25. The molecule has 2 aliphatic rings. The third-order valence-electron chi connectivity index (χ3n) is 7.03. The molecule has 8 heteroatoms. The molecule has 1 saturated heterocycles. The molecule has 2 fully saturated rings. The van der Waals surface area contributed by atoms with Crippen LogP contribution in [0, 0.1) is 6.92 Å². The molecule has 35 heavy (non-hydrogen) atoms. The predicted molar refractivity (Wildman–Crippen MR) is 134 cm³/mol. The highest BCUT2D eigenvalue weighted by Gasteiger charge is 2.55. The molecule has 1 N–H and O–H groups in total. The number of pyridine rings is 1. The van der Waals surface area contributed by atoms with Gasteiger partial charge < -0.3 is 14.8 Å².